The van der Waals surface area contributed by atoms with Crippen LogP contribution in [0.4, 0.5) is 0 Å². The molecule has 6 heteroatoms. The first-order chi connectivity index (χ1) is 12.0. The normalized spacial score (nSPS) is 24.1. The van der Waals surface area contributed by atoms with E-state index in [4.69, 9.17) is 15.7 Å². The number of hydrogen-bond acceptors (Lipinski definition) is 5. The first-order valence-electron chi connectivity index (χ1n) is 8.80. The van der Waals surface area contributed by atoms with Gasteiger partial charge in [0.05, 0.1) is 11.6 Å². The van der Waals surface area contributed by atoms with E-state index in [1.165, 1.54) is 24.2 Å². The summed E-state index contributed by atoms with van der Waals surface area (Å²) in [6.45, 7) is 0.166. The molecular formula is C19H24N4O2. The predicted molar refractivity (Wildman–Crippen MR) is 95.0 cm³/mol. The maximum atomic E-state index is 12.8. The molecule has 1 unspecified atom stereocenters. The molecule has 1 atom stereocenters. The van der Waals surface area contributed by atoms with E-state index >= 15 is 0 Å². The summed E-state index contributed by atoms with van der Waals surface area (Å²) in [7, 11) is 1.66. The molecule has 1 aliphatic carbocycles. The Morgan fingerprint density at radius 1 is 1.32 bits per heavy atom. The molecule has 0 radical (unpaired) electrons. The molecule has 6 nitrogen and oxygen atoms in total. The van der Waals surface area contributed by atoms with E-state index in [0.29, 0.717) is 23.7 Å². The molecule has 25 heavy (non-hydrogen) atoms. The van der Waals surface area contributed by atoms with Crippen LogP contribution in [0.2, 0.25) is 0 Å². The Balaban J connectivity index is 1.76. The number of rotatable bonds is 5. The Labute approximate surface area is 148 Å². The van der Waals surface area contributed by atoms with Gasteiger partial charge < -0.3 is 10.5 Å². The average Bonchev–Trinajstić information content (AvgIpc) is 2.85. The molecule has 0 saturated heterocycles. The van der Waals surface area contributed by atoms with E-state index in [-0.39, 0.29) is 18.5 Å². The van der Waals surface area contributed by atoms with Crippen LogP contribution in [-0.2, 0) is 4.79 Å². The van der Waals surface area contributed by atoms with Gasteiger partial charge in [0.2, 0.25) is 0 Å². The highest BCUT2D eigenvalue weighted by Gasteiger charge is 2.48. The van der Waals surface area contributed by atoms with Crippen molar-refractivity contribution < 1.29 is 9.53 Å². The number of hydrogen-bond donors (Lipinski definition) is 1. The Kier molecular flexibility index (Phi) is 4.93. The van der Waals surface area contributed by atoms with Crippen molar-refractivity contribution in [2.45, 2.75) is 44.1 Å². The van der Waals surface area contributed by atoms with Crippen LogP contribution >= 0.6 is 0 Å². The number of aliphatic imine (C=N–C) groups is 1. The number of nitrogens with zero attached hydrogens (tertiary/aromatic N) is 3. The molecule has 1 fully saturated rings. The van der Waals surface area contributed by atoms with Gasteiger partial charge in [0.25, 0.3) is 5.91 Å². The van der Waals surface area contributed by atoms with Gasteiger partial charge in [-0.05, 0) is 36.6 Å². The molecule has 1 saturated carbocycles. The maximum Gasteiger partial charge on any atom is 0.260 e. The van der Waals surface area contributed by atoms with Crippen LogP contribution in [0, 0.1) is 17.2 Å². The van der Waals surface area contributed by atoms with Crippen LogP contribution < -0.4 is 10.5 Å². The minimum atomic E-state index is -0.936. The summed E-state index contributed by atoms with van der Waals surface area (Å²) >= 11 is 0. The van der Waals surface area contributed by atoms with Gasteiger partial charge in [0, 0.05) is 7.05 Å². The zero-order chi connectivity index (χ0) is 17.9. The minimum Gasteiger partial charge on any atom is -0.490 e. The monoisotopic (exact) mass is 340 g/mol. The van der Waals surface area contributed by atoms with Crippen LogP contribution in [0.1, 0.15) is 44.1 Å². The number of carbonyl (C=O) groups is 1. The van der Waals surface area contributed by atoms with Crippen molar-refractivity contribution in [2.24, 2.45) is 16.6 Å². The first-order valence-corrected chi connectivity index (χ1v) is 8.80. The van der Waals surface area contributed by atoms with E-state index in [2.05, 4.69) is 11.1 Å². The zero-order valence-corrected chi connectivity index (χ0v) is 14.6. The fraction of sp³-hybridized carbons (Fsp3) is 0.526. The maximum absolute atomic E-state index is 12.8. The van der Waals surface area contributed by atoms with E-state index in [1.54, 1.807) is 31.3 Å². The van der Waals surface area contributed by atoms with Crippen molar-refractivity contribution in [2.75, 3.05) is 13.7 Å². The van der Waals surface area contributed by atoms with E-state index < -0.39 is 5.54 Å². The van der Waals surface area contributed by atoms with Gasteiger partial charge in [-0.2, -0.15) is 5.26 Å². The lowest BCUT2D eigenvalue weighted by Crippen LogP contribution is -2.47. The van der Waals surface area contributed by atoms with Crippen LogP contribution in [0.15, 0.2) is 29.3 Å². The summed E-state index contributed by atoms with van der Waals surface area (Å²) in [5.74, 6) is 1.26. The highest BCUT2D eigenvalue weighted by molar-refractivity contribution is 6.06. The van der Waals surface area contributed by atoms with Crippen molar-refractivity contribution in [3.8, 4) is 11.8 Å². The third-order valence-corrected chi connectivity index (χ3v) is 5.19. The molecular weight excluding hydrogens is 316 g/mol. The van der Waals surface area contributed by atoms with Gasteiger partial charge >= 0.3 is 0 Å². The van der Waals surface area contributed by atoms with Gasteiger partial charge in [-0.3, -0.25) is 9.69 Å². The van der Waals surface area contributed by atoms with Crippen molar-refractivity contribution in [1.29, 1.82) is 5.26 Å². The fourth-order valence-corrected chi connectivity index (χ4v) is 3.74. The molecule has 1 aromatic carbocycles. The number of carbonyl (C=O) groups excluding carboxylic acids is 1. The molecule has 2 aliphatic rings. The van der Waals surface area contributed by atoms with E-state index in [1.807, 2.05) is 0 Å². The van der Waals surface area contributed by atoms with Crippen LogP contribution in [0.25, 0.3) is 0 Å². The Bertz CT molecular complexity index is 701. The van der Waals surface area contributed by atoms with Gasteiger partial charge in [0.15, 0.2) is 11.5 Å². The highest BCUT2D eigenvalue weighted by atomic mass is 16.5. The molecule has 0 spiro atoms. The Hall–Kier alpha value is -2.55. The SMILES string of the molecule is CN1C(=O)C(COc2ccc(C#N)cc2)(CC2CCCCC2)N=C1N. The van der Waals surface area contributed by atoms with Crippen molar-refractivity contribution in [1.82, 2.24) is 4.90 Å². The number of benzene rings is 1. The summed E-state index contributed by atoms with van der Waals surface area (Å²) < 4.78 is 5.88. The van der Waals surface area contributed by atoms with Crippen molar-refractivity contribution >= 4 is 11.9 Å². The molecule has 0 bridgehead atoms. The summed E-state index contributed by atoms with van der Waals surface area (Å²) in [6.07, 6.45) is 6.62. The summed E-state index contributed by atoms with van der Waals surface area (Å²) in [6, 6.07) is 8.95. The molecule has 1 aliphatic heterocycles. The van der Waals surface area contributed by atoms with Crippen LogP contribution in [-0.4, -0.2) is 36.0 Å². The molecule has 1 amide bonds. The number of nitrogens with two attached hydrogens (primary N) is 1. The minimum absolute atomic E-state index is 0.0933. The van der Waals surface area contributed by atoms with Gasteiger partial charge in [-0.25, -0.2) is 4.99 Å². The standard InChI is InChI=1S/C19H24N4O2/c1-23-17(24)19(22-18(23)21,11-14-5-3-2-4-6-14)13-25-16-9-7-15(12-20)8-10-16/h7-10,14H,2-6,11,13H2,1H3,(H2,21,22). The lowest BCUT2D eigenvalue weighted by atomic mass is 9.79. The predicted octanol–water partition coefficient (Wildman–Crippen LogP) is 2.43. The smallest absolute Gasteiger partial charge is 0.260 e. The first kappa shape index (κ1) is 17.3. The molecule has 132 valence electrons. The van der Waals surface area contributed by atoms with Gasteiger partial charge in [0.1, 0.15) is 12.4 Å². The molecule has 2 N–H and O–H groups in total. The summed E-state index contributed by atoms with van der Waals surface area (Å²) in [5, 5.41) is 8.87. The third kappa shape index (κ3) is 3.60. The zero-order valence-electron chi connectivity index (χ0n) is 14.6. The van der Waals surface area contributed by atoms with Crippen LogP contribution in [0.5, 0.6) is 5.75 Å². The third-order valence-electron chi connectivity index (χ3n) is 5.19. The fourth-order valence-electron chi connectivity index (χ4n) is 3.74. The van der Waals surface area contributed by atoms with E-state index in [0.717, 1.165) is 12.8 Å². The Morgan fingerprint density at radius 3 is 2.56 bits per heavy atom. The number of amides is 1. The highest BCUT2D eigenvalue weighted by Crippen LogP contribution is 2.36. The topological polar surface area (TPSA) is 91.7 Å². The average molecular weight is 340 g/mol. The lowest BCUT2D eigenvalue weighted by Gasteiger charge is -2.31. The quantitative estimate of drug-likeness (QED) is 0.891. The van der Waals surface area contributed by atoms with Crippen molar-refractivity contribution in [3.05, 3.63) is 29.8 Å². The van der Waals surface area contributed by atoms with Gasteiger partial charge in [-0.15, -0.1) is 0 Å². The lowest BCUT2D eigenvalue weighted by molar-refractivity contribution is -0.132. The van der Waals surface area contributed by atoms with Gasteiger partial charge in [-0.1, -0.05) is 32.1 Å². The second kappa shape index (κ2) is 7.14. The summed E-state index contributed by atoms with van der Waals surface area (Å²) in [4.78, 5) is 18.8. The molecule has 3 rings (SSSR count). The number of guanidine groups is 1. The largest absolute Gasteiger partial charge is 0.490 e. The van der Waals surface area contributed by atoms with Crippen molar-refractivity contribution in [3.63, 3.8) is 0 Å². The van der Waals surface area contributed by atoms with Crippen LogP contribution in [0.3, 0.4) is 0 Å². The molecule has 1 heterocycles. The number of ether oxygens (including phenoxy) is 1. The number of likely N-dealkylation sites (N-methyl/N-ethyl adjacent to an activating group) is 1. The number of nitriles is 1. The second-order valence-corrected chi connectivity index (χ2v) is 7.00. The van der Waals surface area contributed by atoms with E-state index in [9.17, 15) is 4.79 Å². The molecule has 0 aromatic heterocycles. The Morgan fingerprint density at radius 2 is 2.00 bits per heavy atom. The second-order valence-electron chi connectivity index (χ2n) is 7.00. The summed E-state index contributed by atoms with van der Waals surface area (Å²) in [5.41, 5.74) is 5.56. The molecule has 1 aromatic rings.